The molecule has 0 saturated carbocycles. The SMILES string of the molecule is CCCOc1cccc(NC(=O)c2ccccc2OC(C)C)c1. The summed E-state index contributed by atoms with van der Waals surface area (Å²) in [5, 5.41) is 2.89. The summed E-state index contributed by atoms with van der Waals surface area (Å²) >= 11 is 0. The summed E-state index contributed by atoms with van der Waals surface area (Å²) in [7, 11) is 0. The number of carbonyl (C=O) groups is 1. The van der Waals surface area contributed by atoms with E-state index in [0.29, 0.717) is 23.6 Å². The number of anilines is 1. The number of ether oxygens (including phenoxy) is 2. The Balaban J connectivity index is 2.13. The van der Waals surface area contributed by atoms with Gasteiger partial charge in [-0.25, -0.2) is 0 Å². The van der Waals surface area contributed by atoms with Gasteiger partial charge in [-0.3, -0.25) is 4.79 Å². The predicted molar refractivity (Wildman–Crippen MR) is 92.4 cm³/mol. The third-order valence-corrected chi connectivity index (χ3v) is 3.06. The van der Waals surface area contributed by atoms with Crippen molar-refractivity contribution in [2.24, 2.45) is 0 Å². The minimum atomic E-state index is -0.200. The van der Waals surface area contributed by atoms with Crippen LogP contribution in [0.4, 0.5) is 5.69 Å². The first-order valence-electron chi connectivity index (χ1n) is 7.90. The van der Waals surface area contributed by atoms with Crippen LogP contribution in [0.1, 0.15) is 37.6 Å². The Hall–Kier alpha value is -2.49. The second-order valence-corrected chi connectivity index (χ2v) is 5.49. The number of amides is 1. The van der Waals surface area contributed by atoms with Crippen molar-refractivity contribution in [2.75, 3.05) is 11.9 Å². The molecule has 0 saturated heterocycles. The highest BCUT2D eigenvalue weighted by molar-refractivity contribution is 6.06. The molecule has 0 aliphatic carbocycles. The summed E-state index contributed by atoms with van der Waals surface area (Å²) in [5.41, 5.74) is 1.21. The molecule has 0 fully saturated rings. The smallest absolute Gasteiger partial charge is 0.259 e. The lowest BCUT2D eigenvalue weighted by molar-refractivity contribution is 0.102. The fourth-order valence-electron chi connectivity index (χ4n) is 2.09. The van der Waals surface area contributed by atoms with Crippen molar-refractivity contribution in [3.05, 3.63) is 54.1 Å². The molecule has 2 aromatic rings. The zero-order valence-electron chi connectivity index (χ0n) is 13.8. The molecule has 0 atom stereocenters. The van der Waals surface area contributed by atoms with E-state index in [1.165, 1.54) is 0 Å². The number of hydrogen-bond acceptors (Lipinski definition) is 3. The lowest BCUT2D eigenvalue weighted by Crippen LogP contribution is -2.15. The van der Waals surface area contributed by atoms with Crippen LogP contribution < -0.4 is 14.8 Å². The number of carbonyl (C=O) groups excluding carboxylic acids is 1. The lowest BCUT2D eigenvalue weighted by atomic mass is 10.1. The zero-order valence-corrected chi connectivity index (χ0v) is 13.8. The van der Waals surface area contributed by atoms with Crippen LogP contribution in [0, 0.1) is 0 Å². The Kier molecular flexibility index (Phi) is 6.03. The standard InChI is InChI=1S/C19H23NO3/c1-4-12-22-16-9-7-8-15(13-16)20-19(21)17-10-5-6-11-18(17)23-14(2)3/h5-11,13-14H,4,12H2,1-3H3,(H,20,21). The van der Waals surface area contributed by atoms with Gasteiger partial charge >= 0.3 is 0 Å². The van der Waals surface area contributed by atoms with E-state index in [-0.39, 0.29) is 12.0 Å². The zero-order chi connectivity index (χ0) is 16.7. The van der Waals surface area contributed by atoms with Gasteiger partial charge in [0.05, 0.1) is 18.3 Å². The molecule has 122 valence electrons. The Morgan fingerprint density at radius 3 is 2.65 bits per heavy atom. The third-order valence-electron chi connectivity index (χ3n) is 3.06. The van der Waals surface area contributed by atoms with Crippen molar-refractivity contribution in [1.29, 1.82) is 0 Å². The maximum Gasteiger partial charge on any atom is 0.259 e. The lowest BCUT2D eigenvalue weighted by Gasteiger charge is -2.14. The first kappa shape index (κ1) is 16.9. The molecule has 23 heavy (non-hydrogen) atoms. The van der Waals surface area contributed by atoms with Gasteiger partial charge in [0.25, 0.3) is 5.91 Å². The number of para-hydroxylation sites is 1. The number of nitrogens with one attached hydrogen (secondary N) is 1. The Morgan fingerprint density at radius 1 is 1.13 bits per heavy atom. The second kappa shape index (κ2) is 8.22. The van der Waals surface area contributed by atoms with E-state index in [2.05, 4.69) is 12.2 Å². The van der Waals surface area contributed by atoms with Crippen LogP contribution in [0.2, 0.25) is 0 Å². The number of hydrogen-bond donors (Lipinski definition) is 1. The van der Waals surface area contributed by atoms with E-state index < -0.39 is 0 Å². The molecule has 0 heterocycles. The van der Waals surface area contributed by atoms with Crippen molar-refractivity contribution in [1.82, 2.24) is 0 Å². The summed E-state index contributed by atoms with van der Waals surface area (Å²) < 4.78 is 11.3. The quantitative estimate of drug-likeness (QED) is 0.818. The van der Waals surface area contributed by atoms with Crippen LogP contribution in [0.5, 0.6) is 11.5 Å². The van der Waals surface area contributed by atoms with E-state index >= 15 is 0 Å². The second-order valence-electron chi connectivity index (χ2n) is 5.49. The number of rotatable bonds is 7. The van der Waals surface area contributed by atoms with E-state index in [9.17, 15) is 4.79 Å². The molecule has 4 nitrogen and oxygen atoms in total. The fraction of sp³-hybridized carbons (Fsp3) is 0.316. The van der Waals surface area contributed by atoms with Gasteiger partial charge in [0, 0.05) is 11.8 Å². The van der Waals surface area contributed by atoms with Crippen molar-refractivity contribution in [2.45, 2.75) is 33.3 Å². The summed E-state index contributed by atoms with van der Waals surface area (Å²) in [6, 6.07) is 14.6. The highest BCUT2D eigenvalue weighted by Gasteiger charge is 2.13. The molecule has 1 amide bonds. The summed E-state index contributed by atoms with van der Waals surface area (Å²) in [6.07, 6.45) is 0.950. The molecule has 2 rings (SSSR count). The molecule has 0 unspecified atom stereocenters. The topological polar surface area (TPSA) is 47.6 Å². The maximum absolute atomic E-state index is 12.5. The summed E-state index contributed by atoms with van der Waals surface area (Å²) in [6.45, 7) is 6.58. The predicted octanol–water partition coefficient (Wildman–Crippen LogP) is 4.51. The Morgan fingerprint density at radius 2 is 1.91 bits per heavy atom. The first-order chi connectivity index (χ1) is 11.1. The van der Waals surface area contributed by atoms with E-state index in [0.717, 1.165) is 12.2 Å². The van der Waals surface area contributed by atoms with Gasteiger partial charge in [0.2, 0.25) is 0 Å². The van der Waals surface area contributed by atoms with Crippen molar-refractivity contribution in [3.8, 4) is 11.5 Å². The van der Waals surface area contributed by atoms with E-state index in [1.807, 2.05) is 50.2 Å². The molecule has 0 aromatic heterocycles. The van der Waals surface area contributed by atoms with Crippen LogP contribution in [0.3, 0.4) is 0 Å². The minimum Gasteiger partial charge on any atom is -0.494 e. The Labute approximate surface area is 137 Å². The third kappa shape index (κ3) is 5.02. The van der Waals surface area contributed by atoms with Crippen molar-refractivity contribution >= 4 is 11.6 Å². The van der Waals surface area contributed by atoms with Gasteiger partial charge < -0.3 is 14.8 Å². The highest BCUT2D eigenvalue weighted by atomic mass is 16.5. The molecular formula is C19H23NO3. The average Bonchev–Trinajstić information content (AvgIpc) is 2.53. The van der Waals surface area contributed by atoms with Crippen LogP contribution in [-0.4, -0.2) is 18.6 Å². The van der Waals surface area contributed by atoms with Gasteiger partial charge in [-0.15, -0.1) is 0 Å². The van der Waals surface area contributed by atoms with Gasteiger partial charge in [0.1, 0.15) is 11.5 Å². The monoisotopic (exact) mass is 313 g/mol. The van der Waals surface area contributed by atoms with E-state index in [1.54, 1.807) is 12.1 Å². The molecule has 0 bridgehead atoms. The fourth-order valence-corrected chi connectivity index (χ4v) is 2.09. The van der Waals surface area contributed by atoms with Gasteiger partial charge in [-0.05, 0) is 44.5 Å². The molecule has 0 radical (unpaired) electrons. The minimum absolute atomic E-state index is 0.00900. The van der Waals surface area contributed by atoms with Crippen molar-refractivity contribution < 1.29 is 14.3 Å². The molecule has 2 aromatic carbocycles. The van der Waals surface area contributed by atoms with Gasteiger partial charge in [-0.2, -0.15) is 0 Å². The van der Waals surface area contributed by atoms with E-state index in [4.69, 9.17) is 9.47 Å². The highest BCUT2D eigenvalue weighted by Crippen LogP contribution is 2.22. The summed E-state index contributed by atoms with van der Waals surface area (Å²) in [5.74, 6) is 1.13. The van der Waals surface area contributed by atoms with Gasteiger partial charge in [0.15, 0.2) is 0 Å². The van der Waals surface area contributed by atoms with Crippen LogP contribution >= 0.6 is 0 Å². The normalized spacial score (nSPS) is 10.4. The molecule has 0 aliphatic heterocycles. The number of benzene rings is 2. The Bertz CT molecular complexity index is 653. The van der Waals surface area contributed by atoms with Crippen LogP contribution in [0.15, 0.2) is 48.5 Å². The van der Waals surface area contributed by atoms with Gasteiger partial charge in [-0.1, -0.05) is 25.1 Å². The maximum atomic E-state index is 12.5. The molecule has 0 spiro atoms. The molecular weight excluding hydrogens is 290 g/mol. The first-order valence-corrected chi connectivity index (χ1v) is 7.90. The largest absolute Gasteiger partial charge is 0.494 e. The van der Waals surface area contributed by atoms with Crippen LogP contribution in [-0.2, 0) is 0 Å². The molecule has 0 aliphatic rings. The molecule has 4 heteroatoms. The summed E-state index contributed by atoms with van der Waals surface area (Å²) in [4.78, 5) is 12.5. The van der Waals surface area contributed by atoms with Crippen molar-refractivity contribution in [3.63, 3.8) is 0 Å². The molecule has 1 N–H and O–H groups in total. The average molecular weight is 313 g/mol. The van der Waals surface area contributed by atoms with Crippen LogP contribution in [0.25, 0.3) is 0 Å².